The minimum Gasteiger partial charge on any atom is -0.497 e. The molecule has 1 nitrogen and oxygen atoms in total. The van der Waals surface area contributed by atoms with Crippen LogP contribution in [0.1, 0.15) is 5.56 Å². The van der Waals surface area contributed by atoms with E-state index < -0.39 is 11.7 Å². The molecule has 0 saturated carbocycles. The van der Waals surface area contributed by atoms with E-state index in [2.05, 4.69) is 15.9 Å². The lowest BCUT2D eigenvalue weighted by atomic mass is 9.99. The third kappa shape index (κ3) is 3.10. The molecule has 0 aliphatic carbocycles. The zero-order valence-electron chi connectivity index (χ0n) is 9.96. The van der Waals surface area contributed by atoms with Gasteiger partial charge in [0, 0.05) is 4.47 Å². The molecule has 100 valence electrons. The summed E-state index contributed by atoms with van der Waals surface area (Å²) in [7, 11) is 1.48. The monoisotopic (exact) mass is 330 g/mol. The first-order valence-electron chi connectivity index (χ1n) is 5.43. The van der Waals surface area contributed by atoms with E-state index in [1.54, 1.807) is 30.3 Å². The van der Waals surface area contributed by atoms with E-state index in [1.165, 1.54) is 13.2 Å². The van der Waals surface area contributed by atoms with Crippen LogP contribution in [0.2, 0.25) is 0 Å². The van der Waals surface area contributed by atoms with Crippen LogP contribution >= 0.6 is 15.9 Å². The van der Waals surface area contributed by atoms with Gasteiger partial charge in [-0.25, -0.2) is 0 Å². The second kappa shape index (κ2) is 5.25. The Morgan fingerprint density at radius 2 is 1.79 bits per heavy atom. The zero-order valence-corrected chi connectivity index (χ0v) is 11.5. The molecule has 0 aliphatic heterocycles. The minimum atomic E-state index is -4.40. The van der Waals surface area contributed by atoms with Gasteiger partial charge in [-0.1, -0.05) is 34.1 Å². The molecule has 0 atom stereocenters. The van der Waals surface area contributed by atoms with Crippen molar-refractivity contribution in [2.24, 2.45) is 0 Å². The lowest BCUT2D eigenvalue weighted by Gasteiger charge is -2.14. The summed E-state index contributed by atoms with van der Waals surface area (Å²) in [5, 5.41) is 0. The fraction of sp³-hybridized carbons (Fsp3) is 0.143. The average Bonchev–Trinajstić information content (AvgIpc) is 2.37. The van der Waals surface area contributed by atoms with Gasteiger partial charge in [-0.15, -0.1) is 0 Å². The Labute approximate surface area is 117 Å². The smallest absolute Gasteiger partial charge is 0.417 e. The topological polar surface area (TPSA) is 9.23 Å². The van der Waals surface area contributed by atoms with E-state index >= 15 is 0 Å². The first kappa shape index (κ1) is 13.9. The third-order valence-electron chi connectivity index (χ3n) is 2.67. The molecule has 2 aromatic rings. The van der Waals surface area contributed by atoms with Gasteiger partial charge < -0.3 is 4.74 Å². The Bertz CT molecular complexity index is 593. The molecule has 0 radical (unpaired) electrons. The summed E-state index contributed by atoms with van der Waals surface area (Å²) in [5.74, 6) is 0.522. The maximum atomic E-state index is 13.0. The Balaban J connectivity index is 2.61. The highest BCUT2D eigenvalue weighted by molar-refractivity contribution is 9.10. The first-order valence-corrected chi connectivity index (χ1v) is 6.22. The normalized spacial score (nSPS) is 11.4. The molecule has 0 unspecified atom stereocenters. The Morgan fingerprint density at radius 1 is 1.05 bits per heavy atom. The largest absolute Gasteiger partial charge is 0.497 e. The van der Waals surface area contributed by atoms with Crippen molar-refractivity contribution in [1.82, 2.24) is 0 Å². The average molecular weight is 331 g/mol. The predicted molar refractivity (Wildman–Crippen MR) is 71.1 cm³/mol. The van der Waals surface area contributed by atoms with Crippen molar-refractivity contribution in [3.63, 3.8) is 0 Å². The van der Waals surface area contributed by atoms with E-state index in [4.69, 9.17) is 4.74 Å². The Kier molecular flexibility index (Phi) is 3.85. The van der Waals surface area contributed by atoms with Gasteiger partial charge in [-0.3, -0.25) is 0 Å². The maximum absolute atomic E-state index is 13.0. The molecular formula is C14H10BrF3O. The van der Waals surface area contributed by atoms with Crippen molar-refractivity contribution in [2.45, 2.75) is 6.18 Å². The van der Waals surface area contributed by atoms with E-state index in [-0.39, 0.29) is 5.56 Å². The number of alkyl halides is 3. The fourth-order valence-electron chi connectivity index (χ4n) is 1.79. The molecule has 0 amide bonds. The molecule has 0 heterocycles. The van der Waals surface area contributed by atoms with Crippen LogP contribution in [-0.4, -0.2) is 7.11 Å². The van der Waals surface area contributed by atoms with Gasteiger partial charge in [0.2, 0.25) is 0 Å². The molecule has 0 spiro atoms. The molecule has 0 N–H and O–H groups in total. The van der Waals surface area contributed by atoms with Gasteiger partial charge in [0.15, 0.2) is 0 Å². The number of benzene rings is 2. The van der Waals surface area contributed by atoms with Gasteiger partial charge in [-0.2, -0.15) is 13.2 Å². The van der Waals surface area contributed by atoms with Crippen molar-refractivity contribution in [3.8, 4) is 16.9 Å². The highest BCUT2D eigenvalue weighted by Crippen LogP contribution is 2.39. The predicted octanol–water partition coefficient (Wildman–Crippen LogP) is 5.14. The maximum Gasteiger partial charge on any atom is 0.417 e. The second-order valence-electron chi connectivity index (χ2n) is 3.92. The van der Waals surface area contributed by atoms with Crippen LogP contribution in [0.25, 0.3) is 11.1 Å². The fourth-order valence-corrected chi connectivity index (χ4v) is 2.15. The molecule has 0 aromatic heterocycles. The summed E-state index contributed by atoms with van der Waals surface area (Å²) in [6, 6.07) is 10.7. The first-order chi connectivity index (χ1) is 8.91. The van der Waals surface area contributed by atoms with Gasteiger partial charge >= 0.3 is 6.18 Å². The summed E-state index contributed by atoms with van der Waals surface area (Å²) < 4.78 is 44.6. The van der Waals surface area contributed by atoms with Crippen LogP contribution in [-0.2, 0) is 6.18 Å². The van der Waals surface area contributed by atoms with E-state index in [9.17, 15) is 13.2 Å². The lowest BCUT2D eigenvalue weighted by Crippen LogP contribution is -2.07. The molecule has 19 heavy (non-hydrogen) atoms. The summed E-state index contributed by atoms with van der Waals surface area (Å²) in [4.78, 5) is 0. The standard InChI is InChI=1S/C14H10BrF3O/c1-19-11-4-2-3-9(7-11)12-6-5-10(15)8-13(12)14(16,17)18/h2-8H,1H3. The second-order valence-corrected chi connectivity index (χ2v) is 4.84. The number of halogens is 4. The molecule has 2 rings (SSSR count). The summed E-state index contributed by atoms with van der Waals surface area (Å²) in [5.41, 5.74) is -0.0658. The quantitative estimate of drug-likeness (QED) is 0.740. The van der Waals surface area contributed by atoms with Crippen molar-refractivity contribution >= 4 is 15.9 Å². The minimum absolute atomic E-state index is 0.134. The summed E-state index contributed by atoms with van der Waals surface area (Å²) in [6.07, 6.45) is -4.40. The van der Waals surface area contributed by atoms with Crippen molar-refractivity contribution in [3.05, 3.63) is 52.5 Å². The van der Waals surface area contributed by atoms with E-state index in [1.807, 2.05) is 0 Å². The highest BCUT2D eigenvalue weighted by atomic mass is 79.9. The van der Waals surface area contributed by atoms with Crippen LogP contribution in [0.15, 0.2) is 46.9 Å². The molecule has 0 aliphatic rings. The van der Waals surface area contributed by atoms with Crippen LogP contribution in [0, 0.1) is 0 Å². The summed E-state index contributed by atoms with van der Waals surface area (Å²) >= 11 is 3.06. The number of ether oxygens (including phenoxy) is 1. The van der Waals surface area contributed by atoms with Gasteiger partial charge in [0.1, 0.15) is 5.75 Å². The van der Waals surface area contributed by atoms with Crippen molar-refractivity contribution in [1.29, 1.82) is 0 Å². The van der Waals surface area contributed by atoms with E-state index in [0.29, 0.717) is 15.8 Å². The van der Waals surface area contributed by atoms with Gasteiger partial charge in [-0.05, 0) is 35.4 Å². The molecule has 5 heteroatoms. The molecule has 0 bridgehead atoms. The molecule has 0 fully saturated rings. The molecular weight excluding hydrogens is 321 g/mol. The van der Waals surface area contributed by atoms with Gasteiger partial charge in [0.05, 0.1) is 12.7 Å². The van der Waals surface area contributed by atoms with Crippen molar-refractivity contribution < 1.29 is 17.9 Å². The van der Waals surface area contributed by atoms with Crippen LogP contribution in [0.3, 0.4) is 0 Å². The van der Waals surface area contributed by atoms with Crippen LogP contribution in [0.5, 0.6) is 5.75 Å². The SMILES string of the molecule is COc1cccc(-c2ccc(Br)cc2C(F)(F)F)c1. The number of methoxy groups -OCH3 is 1. The van der Waals surface area contributed by atoms with Crippen molar-refractivity contribution in [2.75, 3.05) is 7.11 Å². The lowest BCUT2D eigenvalue weighted by molar-refractivity contribution is -0.137. The Morgan fingerprint density at radius 3 is 2.42 bits per heavy atom. The zero-order chi connectivity index (χ0) is 14.0. The molecule has 2 aromatic carbocycles. The third-order valence-corrected chi connectivity index (χ3v) is 3.16. The number of hydrogen-bond donors (Lipinski definition) is 0. The molecule has 0 saturated heterocycles. The summed E-state index contributed by atoms with van der Waals surface area (Å²) in [6.45, 7) is 0. The number of rotatable bonds is 2. The van der Waals surface area contributed by atoms with Crippen LogP contribution in [0.4, 0.5) is 13.2 Å². The van der Waals surface area contributed by atoms with Crippen LogP contribution < -0.4 is 4.74 Å². The number of hydrogen-bond acceptors (Lipinski definition) is 1. The Hall–Kier alpha value is -1.49. The van der Waals surface area contributed by atoms with E-state index in [0.717, 1.165) is 6.07 Å². The van der Waals surface area contributed by atoms with Gasteiger partial charge in [0.25, 0.3) is 0 Å². The highest BCUT2D eigenvalue weighted by Gasteiger charge is 2.33.